The summed E-state index contributed by atoms with van der Waals surface area (Å²) in [5.74, 6) is 0.459. The lowest BCUT2D eigenvalue weighted by atomic mass is 10.1. The second-order valence-corrected chi connectivity index (χ2v) is 2.91. The van der Waals surface area contributed by atoms with Gasteiger partial charge in [0.05, 0.1) is 5.82 Å². The van der Waals surface area contributed by atoms with Gasteiger partial charge < -0.3 is 11.5 Å². The molecule has 0 aromatic carbocycles. The lowest BCUT2D eigenvalue weighted by Crippen LogP contribution is -2.07. The van der Waals surface area contributed by atoms with Crippen molar-refractivity contribution in [2.45, 2.75) is 45.4 Å². The molecule has 0 aliphatic rings. The summed E-state index contributed by atoms with van der Waals surface area (Å²) in [5, 5.41) is 0. The smallest absolute Gasteiger partial charge is 0.0892 e. The summed E-state index contributed by atoms with van der Waals surface area (Å²) >= 11 is 0. The van der Waals surface area contributed by atoms with Crippen LogP contribution in [0.1, 0.15) is 45.4 Å². The molecule has 0 unspecified atom stereocenters. The first-order valence-corrected chi connectivity index (χ1v) is 4.48. The average molecular weight is 156 g/mol. The van der Waals surface area contributed by atoms with Crippen LogP contribution in [0, 0.1) is 0 Å². The number of nitrogens with two attached hydrogens (primary N) is 2. The number of rotatable bonds is 6. The van der Waals surface area contributed by atoms with Gasteiger partial charge in [0.15, 0.2) is 0 Å². The molecule has 0 saturated heterocycles. The van der Waals surface area contributed by atoms with Crippen LogP contribution in [-0.4, -0.2) is 0 Å². The van der Waals surface area contributed by atoms with Crippen LogP contribution >= 0.6 is 0 Å². The fraction of sp³-hybridized carbons (Fsp3) is 0.778. The van der Waals surface area contributed by atoms with Crippen molar-refractivity contribution in [2.75, 3.05) is 0 Å². The zero-order chi connectivity index (χ0) is 8.53. The standard InChI is InChI=1S/C9H20N2/c1-2-3-4-5-6-7-8-9(10)11/h8H,2-7,10-11H2,1H3. The predicted molar refractivity (Wildman–Crippen MR) is 49.8 cm³/mol. The van der Waals surface area contributed by atoms with Gasteiger partial charge in [0.25, 0.3) is 0 Å². The van der Waals surface area contributed by atoms with Gasteiger partial charge in [0.2, 0.25) is 0 Å². The van der Waals surface area contributed by atoms with Gasteiger partial charge in [-0.15, -0.1) is 0 Å². The molecular weight excluding hydrogens is 136 g/mol. The van der Waals surface area contributed by atoms with E-state index in [4.69, 9.17) is 11.5 Å². The van der Waals surface area contributed by atoms with Crippen molar-refractivity contribution < 1.29 is 0 Å². The molecule has 0 saturated carbocycles. The molecule has 0 rings (SSSR count). The molecule has 0 aromatic rings. The van der Waals surface area contributed by atoms with Crippen LogP contribution in [0.25, 0.3) is 0 Å². The molecule has 11 heavy (non-hydrogen) atoms. The lowest BCUT2D eigenvalue weighted by molar-refractivity contribution is 0.636. The monoisotopic (exact) mass is 156 g/mol. The van der Waals surface area contributed by atoms with E-state index in [9.17, 15) is 0 Å². The van der Waals surface area contributed by atoms with Crippen LogP contribution in [0.2, 0.25) is 0 Å². The number of allylic oxidation sites excluding steroid dienone is 1. The average Bonchev–Trinajstić information content (AvgIpc) is 1.96. The number of unbranched alkanes of at least 4 members (excludes halogenated alkanes) is 5. The quantitative estimate of drug-likeness (QED) is 0.579. The molecule has 0 spiro atoms. The first kappa shape index (κ1) is 10.3. The van der Waals surface area contributed by atoms with E-state index < -0.39 is 0 Å². The minimum atomic E-state index is 0.459. The molecule has 0 aromatic heterocycles. The molecule has 0 radical (unpaired) electrons. The van der Waals surface area contributed by atoms with Crippen LogP contribution in [0.15, 0.2) is 11.9 Å². The molecule has 0 heterocycles. The van der Waals surface area contributed by atoms with E-state index in [1.807, 2.05) is 6.08 Å². The summed E-state index contributed by atoms with van der Waals surface area (Å²) in [5.41, 5.74) is 10.5. The highest BCUT2D eigenvalue weighted by Crippen LogP contribution is 2.04. The number of hydrogen-bond acceptors (Lipinski definition) is 2. The Bertz CT molecular complexity index is 104. The highest BCUT2D eigenvalue weighted by Gasteiger charge is 1.86. The molecule has 0 atom stereocenters. The predicted octanol–water partition coefficient (Wildman–Crippen LogP) is 2.11. The maximum absolute atomic E-state index is 5.27. The van der Waals surface area contributed by atoms with Gasteiger partial charge >= 0.3 is 0 Å². The molecule has 2 heteroatoms. The lowest BCUT2D eigenvalue weighted by Gasteiger charge is -1.96. The Morgan fingerprint density at radius 3 is 2.27 bits per heavy atom. The van der Waals surface area contributed by atoms with Gasteiger partial charge in [0, 0.05) is 0 Å². The van der Waals surface area contributed by atoms with Gasteiger partial charge in [0.1, 0.15) is 0 Å². The molecule has 0 aliphatic carbocycles. The highest BCUT2D eigenvalue weighted by atomic mass is 14.8. The molecule has 0 fully saturated rings. The Balaban J connectivity index is 2.97. The third-order valence-electron chi connectivity index (χ3n) is 1.69. The molecule has 2 nitrogen and oxygen atoms in total. The van der Waals surface area contributed by atoms with E-state index in [-0.39, 0.29) is 0 Å². The van der Waals surface area contributed by atoms with Gasteiger partial charge in [-0.25, -0.2) is 0 Å². The third-order valence-corrected chi connectivity index (χ3v) is 1.69. The second kappa shape index (κ2) is 7.45. The van der Waals surface area contributed by atoms with E-state index in [2.05, 4.69) is 6.92 Å². The largest absolute Gasteiger partial charge is 0.386 e. The van der Waals surface area contributed by atoms with Gasteiger partial charge in [-0.05, 0) is 18.9 Å². The molecule has 0 aliphatic heterocycles. The van der Waals surface area contributed by atoms with E-state index in [1.165, 1.54) is 32.1 Å². The molecule has 0 bridgehead atoms. The highest BCUT2D eigenvalue weighted by molar-refractivity contribution is 4.89. The normalized spacial score (nSPS) is 9.55. The summed E-state index contributed by atoms with van der Waals surface area (Å²) < 4.78 is 0. The zero-order valence-electron chi connectivity index (χ0n) is 7.47. The third kappa shape index (κ3) is 9.34. The van der Waals surface area contributed by atoms with Crippen molar-refractivity contribution in [3.05, 3.63) is 11.9 Å². The van der Waals surface area contributed by atoms with Crippen LogP contribution in [-0.2, 0) is 0 Å². The van der Waals surface area contributed by atoms with E-state index in [0.717, 1.165) is 6.42 Å². The van der Waals surface area contributed by atoms with Crippen molar-refractivity contribution in [2.24, 2.45) is 11.5 Å². The van der Waals surface area contributed by atoms with Gasteiger partial charge in [-0.1, -0.05) is 32.6 Å². The van der Waals surface area contributed by atoms with Crippen LogP contribution in [0.5, 0.6) is 0 Å². The first-order chi connectivity index (χ1) is 5.27. The minimum Gasteiger partial charge on any atom is -0.386 e. The van der Waals surface area contributed by atoms with E-state index in [1.54, 1.807) is 0 Å². The summed E-state index contributed by atoms with van der Waals surface area (Å²) in [6.45, 7) is 2.22. The Morgan fingerprint density at radius 2 is 1.73 bits per heavy atom. The van der Waals surface area contributed by atoms with E-state index >= 15 is 0 Å². The number of hydrogen-bond donors (Lipinski definition) is 2. The molecule has 66 valence electrons. The van der Waals surface area contributed by atoms with E-state index in [0.29, 0.717) is 5.82 Å². The molecule has 0 amide bonds. The SMILES string of the molecule is CCCCCCCC=C(N)N. The summed E-state index contributed by atoms with van der Waals surface area (Å²) in [7, 11) is 0. The molecule has 4 N–H and O–H groups in total. The second-order valence-electron chi connectivity index (χ2n) is 2.91. The summed E-state index contributed by atoms with van der Waals surface area (Å²) in [6.07, 6.45) is 9.44. The molecular formula is C9H20N2. The maximum Gasteiger partial charge on any atom is 0.0892 e. The Kier molecular flexibility index (Phi) is 7.00. The van der Waals surface area contributed by atoms with Crippen LogP contribution in [0.3, 0.4) is 0 Å². The van der Waals surface area contributed by atoms with Gasteiger partial charge in [-0.2, -0.15) is 0 Å². The Labute approximate surface area is 69.6 Å². The Morgan fingerprint density at radius 1 is 1.09 bits per heavy atom. The summed E-state index contributed by atoms with van der Waals surface area (Å²) in [4.78, 5) is 0. The van der Waals surface area contributed by atoms with Crippen molar-refractivity contribution in [3.63, 3.8) is 0 Å². The Hall–Kier alpha value is -0.660. The van der Waals surface area contributed by atoms with Crippen LogP contribution in [0.4, 0.5) is 0 Å². The van der Waals surface area contributed by atoms with Crippen molar-refractivity contribution in [1.29, 1.82) is 0 Å². The fourth-order valence-corrected chi connectivity index (χ4v) is 1.02. The van der Waals surface area contributed by atoms with Crippen molar-refractivity contribution in [3.8, 4) is 0 Å². The van der Waals surface area contributed by atoms with Gasteiger partial charge in [-0.3, -0.25) is 0 Å². The van der Waals surface area contributed by atoms with Crippen LogP contribution < -0.4 is 11.5 Å². The minimum absolute atomic E-state index is 0.459. The summed E-state index contributed by atoms with van der Waals surface area (Å²) in [6, 6.07) is 0. The topological polar surface area (TPSA) is 52.0 Å². The van der Waals surface area contributed by atoms with Crippen molar-refractivity contribution in [1.82, 2.24) is 0 Å². The zero-order valence-corrected chi connectivity index (χ0v) is 7.47. The first-order valence-electron chi connectivity index (χ1n) is 4.48. The maximum atomic E-state index is 5.27. The van der Waals surface area contributed by atoms with Crippen molar-refractivity contribution >= 4 is 0 Å². The fourth-order valence-electron chi connectivity index (χ4n) is 1.02.